The van der Waals surface area contributed by atoms with Gasteiger partial charge in [-0.1, -0.05) is 6.07 Å². The van der Waals surface area contributed by atoms with Gasteiger partial charge in [0.05, 0.1) is 6.61 Å². The molecule has 0 saturated heterocycles. The Kier molecular flexibility index (Phi) is 6.15. The zero-order chi connectivity index (χ0) is 17.1. The molecule has 1 amide bonds. The maximum absolute atomic E-state index is 12.3. The zero-order valence-electron chi connectivity index (χ0n) is 14.4. The van der Waals surface area contributed by atoms with Gasteiger partial charge in [-0.3, -0.25) is 4.79 Å². The van der Waals surface area contributed by atoms with Crippen molar-refractivity contribution in [3.63, 3.8) is 0 Å². The Hall–Kier alpha value is -2.40. The van der Waals surface area contributed by atoms with Crippen LogP contribution in [0.2, 0.25) is 0 Å². The molecule has 0 bridgehead atoms. The monoisotopic (exact) mass is 362 g/mol. The van der Waals surface area contributed by atoms with Crippen molar-refractivity contribution in [1.82, 2.24) is 5.32 Å². The number of carbonyl (C=O) groups is 1. The van der Waals surface area contributed by atoms with Crippen LogP contribution in [0.4, 0.5) is 5.69 Å². The standard InChI is InChI=1S/C19H22N2O3.ClH/c1-3-23-17-9-14-7-12(2)24-18(14)10-15(17)11-21-19(22)13-5-4-6-16(20)8-13;/h4-6,8-10,12H,3,7,11,20H2,1-2H3,(H,21,22);1H. The highest BCUT2D eigenvalue weighted by Crippen LogP contribution is 2.35. The summed E-state index contributed by atoms with van der Waals surface area (Å²) < 4.78 is 11.5. The SMILES string of the molecule is CCOc1cc2c(cc1CNC(=O)c1cccc(N)c1)OC(C)C2.Cl. The third-order valence-electron chi connectivity index (χ3n) is 3.97. The first-order valence-corrected chi connectivity index (χ1v) is 8.15. The smallest absolute Gasteiger partial charge is 0.251 e. The lowest BCUT2D eigenvalue weighted by Crippen LogP contribution is -2.23. The number of hydrogen-bond acceptors (Lipinski definition) is 4. The lowest BCUT2D eigenvalue weighted by molar-refractivity contribution is 0.0950. The molecule has 1 aliphatic rings. The minimum absolute atomic E-state index is 0. The van der Waals surface area contributed by atoms with E-state index < -0.39 is 0 Å². The van der Waals surface area contributed by atoms with E-state index >= 15 is 0 Å². The van der Waals surface area contributed by atoms with E-state index in [9.17, 15) is 4.79 Å². The number of ether oxygens (including phenoxy) is 2. The van der Waals surface area contributed by atoms with Gasteiger partial charge in [0.1, 0.15) is 17.6 Å². The number of anilines is 1. The van der Waals surface area contributed by atoms with E-state index in [2.05, 4.69) is 5.32 Å². The maximum atomic E-state index is 12.3. The lowest BCUT2D eigenvalue weighted by atomic mass is 10.1. The van der Waals surface area contributed by atoms with E-state index in [0.717, 1.165) is 29.0 Å². The van der Waals surface area contributed by atoms with Gasteiger partial charge in [0.15, 0.2) is 0 Å². The summed E-state index contributed by atoms with van der Waals surface area (Å²) in [5.41, 5.74) is 8.89. The van der Waals surface area contributed by atoms with E-state index in [1.165, 1.54) is 0 Å². The Morgan fingerprint density at radius 1 is 1.36 bits per heavy atom. The second-order valence-corrected chi connectivity index (χ2v) is 5.94. The number of carbonyl (C=O) groups excluding carboxylic acids is 1. The van der Waals surface area contributed by atoms with Crippen molar-refractivity contribution >= 4 is 24.0 Å². The van der Waals surface area contributed by atoms with E-state index in [1.807, 2.05) is 26.0 Å². The first-order valence-electron chi connectivity index (χ1n) is 8.15. The predicted molar refractivity (Wildman–Crippen MR) is 101 cm³/mol. The molecule has 3 N–H and O–H groups in total. The van der Waals surface area contributed by atoms with Crippen molar-refractivity contribution < 1.29 is 14.3 Å². The molecule has 1 aliphatic heterocycles. The summed E-state index contributed by atoms with van der Waals surface area (Å²) in [6.45, 7) is 4.93. The Balaban J connectivity index is 0.00000225. The average Bonchev–Trinajstić information content (AvgIpc) is 2.91. The van der Waals surface area contributed by atoms with Gasteiger partial charge in [-0.15, -0.1) is 12.4 Å². The summed E-state index contributed by atoms with van der Waals surface area (Å²) in [5.74, 6) is 1.50. The summed E-state index contributed by atoms with van der Waals surface area (Å²) in [6.07, 6.45) is 1.05. The van der Waals surface area contributed by atoms with E-state index in [0.29, 0.717) is 24.4 Å². The van der Waals surface area contributed by atoms with Gasteiger partial charge in [0.2, 0.25) is 0 Å². The Labute approximate surface area is 153 Å². The third kappa shape index (κ3) is 4.37. The van der Waals surface area contributed by atoms with Crippen LogP contribution in [0.15, 0.2) is 36.4 Å². The second-order valence-electron chi connectivity index (χ2n) is 5.94. The van der Waals surface area contributed by atoms with Gasteiger partial charge >= 0.3 is 0 Å². The molecule has 6 heteroatoms. The lowest BCUT2D eigenvalue weighted by Gasteiger charge is -2.13. The van der Waals surface area contributed by atoms with Gasteiger partial charge in [0.25, 0.3) is 5.91 Å². The minimum Gasteiger partial charge on any atom is -0.494 e. The fourth-order valence-corrected chi connectivity index (χ4v) is 2.87. The van der Waals surface area contributed by atoms with Crippen molar-refractivity contribution in [3.05, 3.63) is 53.1 Å². The topological polar surface area (TPSA) is 73.6 Å². The van der Waals surface area contributed by atoms with Crippen LogP contribution in [0.1, 0.15) is 35.3 Å². The van der Waals surface area contributed by atoms with Crippen molar-refractivity contribution in [2.24, 2.45) is 0 Å². The first-order chi connectivity index (χ1) is 11.6. The van der Waals surface area contributed by atoms with Crippen molar-refractivity contribution in [2.75, 3.05) is 12.3 Å². The van der Waals surface area contributed by atoms with Crippen LogP contribution in [0, 0.1) is 0 Å². The third-order valence-corrected chi connectivity index (χ3v) is 3.97. The predicted octanol–water partition coefficient (Wildman–Crippen LogP) is 3.34. The second kappa shape index (κ2) is 8.12. The molecule has 0 radical (unpaired) electrons. The summed E-state index contributed by atoms with van der Waals surface area (Å²) >= 11 is 0. The van der Waals surface area contributed by atoms with Gasteiger partial charge < -0.3 is 20.5 Å². The maximum Gasteiger partial charge on any atom is 0.251 e. The van der Waals surface area contributed by atoms with Crippen LogP contribution in [0.5, 0.6) is 11.5 Å². The molecule has 0 aromatic heterocycles. The normalized spacial score (nSPS) is 14.9. The summed E-state index contributed by atoms with van der Waals surface area (Å²) in [4.78, 5) is 12.3. The van der Waals surface area contributed by atoms with Crippen molar-refractivity contribution in [3.8, 4) is 11.5 Å². The van der Waals surface area contributed by atoms with Crippen molar-refractivity contribution in [1.29, 1.82) is 0 Å². The van der Waals surface area contributed by atoms with Gasteiger partial charge in [-0.05, 0) is 44.2 Å². The van der Waals surface area contributed by atoms with Crippen LogP contribution in [0.25, 0.3) is 0 Å². The number of amides is 1. The highest BCUT2D eigenvalue weighted by Gasteiger charge is 2.22. The molecule has 2 aromatic carbocycles. The Bertz CT molecular complexity index is 764. The molecular formula is C19H23ClN2O3. The number of nitrogens with one attached hydrogen (secondary N) is 1. The Morgan fingerprint density at radius 2 is 2.16 bits per heavy atom. The van der Waals surface area contributed by atoms with Gasteiger partial charge in [-0.25, -0.2) is 0 Å². The van der Waals surface area contributed by atoms with E-state index in [4.69, 9.17) is 15.2 Å². The number of nitrogen functional groups attached to an aromatic ring is 1. The molecule has 134 valence electrons. The number of rotatable bonds is 5. The number of halogens is 1. The van der Waals surface area contributed by atoms with Crippen LogP contribution >= 0.6 is 12.4 Å². The van der Waals surface area contributed by atoms with Crippen molar-refractivity contribution in [2.45, 2.75) is 32.9 Å². The molecular weight excluding hydrogens is 340 g/mol. The largest absolute Gasteiger partial charge is 0.494 e. The van der Waals surface area contributed by atoms with E-state index in [-0.39, 0.29) is 24.4 Å². The zero-order valence-corrected chi connectivity index (χ0v) is 15.2. The minimum atomic E-state index is -0.167. The van der Waals surface area contributed by atoms with Crippen LogP contribution in [-0.4, -0.2) is 18.6 Å². The molecule has 1 heterocycles. The molecule has 5 nitrogen and oxygen atoms in total. The number of fused-ring (bicyclic) bond motifs is 1. The van der Waals surface area contributed by atoms with Crippen LogP contribution < -0.4 is 20.5 Å². The Morgan fingerprint density at radius 3 is 2.88 bits per heavy atom. The van der Waals surface area contributed by atoms with Gasteiger partial charge in [-0.2, -0.15) is 0 Å². The number of nitrogens with two attached hydrogens (primary N) is 1. The summed E-state index contributed by atoms with van der Waals surface area (Å²) in [5, 5.41) is 2.91. The van der Waals surface area contributed by atoms with Gasteiger partial charge in [0, 0.05) is 35.3 Å². The average molecular weight is 363 g/mol. The molecule has 0 fully saturated rings. The summed E-state index contributed by atoms with van der Waals surface area (Å²) in [6, 6.07) is 10.9. The quantitative estimate of drug-likeness (QED) is 0.800. The van der Waals surface area contributed by atoms with Crippen LogP contribution in [-0.2, 0) is 13.0 Å². The highest BCUT2D eigenvalue weighted by molar-refractivity contribution is 5.95. The fourth-order valence-electron chi connectivity index (χ4n) is 2.87. The molecule has 3 rings (SSSR count). The molecule has 25 heavy (non-hydrogen) atoms. The highest BCUT2D eigenvalue weighted by atomic mass is 35.5. The van der Waals surface area contributed by atoms with E-state index in [1.54, 1.807) is 24.3 Å². The molecule has 0 spiro atoms. The number of hydrogen-bond donors (Lipinski definition) is 2. The first kappa shape index (κ1) is 18.9. The molecule has 2 aromatic rings. The molecule has 1 atom stereocenters. The number of benzene rings is 2. The fraction of sp³-hybridized carbons (Fsp3) is 0.316. The molecule has 0 aliphatic carbocycles. The molecule has 0 saturated carbocycles. The van der Waals surface area contributed by atoms with Crippen LogP contribution in [0.3, 0.4) is 0 Å². The molecule has 1 unspecified atom stereocenters. The summed E-state index contributed by atoms with van der Waals surface area (Å²) in [7, 11) is 0.